The summed E-state index contributed by atoms with van der Waals surface area (Å²) in [6.07, 6.45) is 3.01. The number of amides is 1. The van der Waals surface area contributed by atoms with E-state index in [4.69, 9.17) is 4.74 Å². The number of carbonyl (C=O) groups excluding carboxylic acids is 3. The summed E-state index contributed by atoms with van der Waals surface area (Å²) in [5, 5.41) is 2.87. The van der Waals surface area contributed by atoms with E-state index in [-0.39, 0.29) is 18.2 Å². The van der Waals surface area contributed by atoms with Gasteiger partial charge in [0.2, 0.25) is 5.91 Å². The summed E-state index contributed by atoms with van der Waals surface area (Å²) in [4.78, 5) is 39.1. The molecular weight excluding hydrogens is 425 g/mol. The number of benzene rings is 2. The van der Waals surface area contributed by atoms with Gasteiger partial charge in [-0.2, -0.15) is 0 Å². The third-order valence-corrected chi connectivity index (χ3v) is 5.33. The smallest absolute Gasteiger partial charge is 0.330 e. The van der Waals surface area contributed by atoms with Crippen LogP contribution in [0, 0.1) is 5.82 Å². The summed E-state index contributed by atoms with van der Waals surface area (Å²) >= 11 is 0. The van der Waals surface area contributed by atoms with E-state index in [9.17, 15) is 18.8 Å². The average Bonchev–Trinajstić information content (AvgIpc) is 2.79. The summed E-state index contributed by atoms with van der Waals surface area (Å²) in [6, 6.07) is 11.7. The van der Waals surface area contributed by atoms with Crippen molar-refractivity contribution in [3.63, 3.8) is 0 Å². The maximum absolute atomic E-state index is 14.4. The van der Waals surface area contributed by atoms with Gasteiger partial charge in [0.25, 0.3) is 0 Å². The highest BCUT2D eigenvalue weighted by molar-refractivity contribution is 5.94. The number of nitrogens with one attached hydrogen (secondary N) is 1. The largest absolute Gasteiger partial charge is 0.463 e. The molecule has 8 heteroatoms. The number of anilines is 2. The second-order valence-corrected chi connectivity index (χ2v) is 7.74. The standard InChI is InChI=1S/C25H28FN3O4/c1-3-33-25(32)11-6-19-4-8-21(9-5-19)27-24(31)17-28-12-14-29(15-13-28)23-10-7-20(18(2)30)16-22(23)26/h4-11,16H,3,12-15,17H2,1-2H3,(H,27,31)/b11-6+. The van der Waals surface area contributed by atoms with Crippen LogP contribution in [0.25, 0.3) is 6.08 Å². The van der Waals surface area contributed by atoms with Gasteiger partial charge in [0.15, 0.2) is 5.78 Å². The minimum Gasteiger partial charge on any atom is -0.463 e. The molecule has 0 aliphatic carbocycles. The number of halogens is 1. The quantitative estimate of drug-likeness (QED) is 0.375. The Hall–Kier alpha value is -3.52. The van der Waals surface area contributed by atoms with Gasteiger partial charge >= 0.3 is 5.97 Å². The molecule has 3 rings (SSSR count). The number of hydrogen-bond donors (Lipinski definition) is 1. The van der Waals surface area contributed by atoms with Crippen molar-refractivity contribution >= 4 is 35.1 Å². The number of nitrogens with zero attached hydrogens (tertiary/aromatic N) is 2. The van der Waals surface area contributed by atoms with E-state index in [1.165, 1.54) is 19.1 Å². The van der Waals surface area contributed by atoms with Gasteiger partial charge in [-0.05, 0) is 55.8 Å². The van der Waals surface area contributed by atoms with Crippen LogP contribution in [0.4, 0.5) is 15.8 Å². The van der Waals surface area contributed by atoms with E-state index >= 15 is 0 Å². The van der Waals surface area contributed by atoms with Gasteiger partial charge in [0, 0.05) is 43.5 Å². The van der Waals surface area contributed by atoms with E-state index in [0.717, 1.165) is 5.56 Å². The predicted molar refractivity (Wildman–Crippen MR) is 126 cm³/mol. The van der Waals surface area contributed by atoms with Gasteiger partial charge in [-0.1, -0.05) is 12.1 Å². The molecule has 33 heavy (non-hydrogen) atoms. The molecule has 1 aliphatic heterocycles. The highest BCUT2D eigenvalue weighted by atomic mass is 19.1. The fourth-order valence-electron chi connectivity index (χ4n) is 3.57. The average molecular weight is 454 g/mol. The highest BCUT2D eigenvalue weighted by Crippen LogP contribution is 2.22. The lowest BCUT2D eigenvalue weighted by atomic mass is 10.1. The number of esters is 1. The summed E-state index contributed by atoms with van der Waals surface area (Å²) in [5.74, 6) is -1.10. The summed E-state index contributed by atoms with van der Waals surface area (Å²) < 4.78 is 19.2. The Bertz CT molecular complexity index is 1030. The first-order chi connectivity index (χ1) is 15.9. The second-order valence-electron chi connectivity index (χ2n) is 7.74. The van der Waals surface area contributed by atoms with E-state index in [1.807, 2.05) is 9.80 Å². The summed E-state index contributed by atoms with van der Waals surface area (Å²) in [6.45, 7) is 6.15. The molecule has 1 fully saturated rings. The number of Topliss-reactive ketones (excluding diaryl/α,β-unsaturated/α-hetero) is 1. The fourth-order valence-corrected chi connectivity index (χ4v) is 3.57. The Kier molecular flexibility index (Phi) is 8.32. The van der Waals surface area contributed by atoms with Crippen LogP contribution < -0.4 is 10.2 Å². The molecule has 0 bridgehead atoms. The normalized spacial score (nSPS) is 14.3. The number of rotatable bonds is 8. The zero-order valence-electron chi connectivity index (χ0n) is 18.8. The van der Waals surface area contributed by atoms with E-state index < -0.39 is 11.8 Å². The SMILES string of the molecule is CCOC(=O)/C=C/c1ccc(NC(=O)CN2CCN(c3ccc(C(C)=O)cc3F)CC2)cc1. The Morgan fingerprint density at radius 2 is 1.76 bits per heavy atom. The minimum atomic E-state index is -0.408. The highest BCUT2D eigenvalue weighted by Gasteiger charge is 2.21. The van der Waals surface area contributed by atoms with Crippen LogP contribution in [0.2, 0.25) is 0 Å². The maximum atomic E-state index is 14.4. The van der Waals surface area contributed by atoms with Crippen LogP contribution in [0.5, 0.6) is 0 Å². The van der Waals surface area contributed by atoms with Crippen molar-refractivity contribution in [1.82, 2.24) is 4.90 Å². The zero-order chi connectivity index (χ0) is 23.8. The van der Waals surface area contributed by atoms with Gasteiger partial charge in [-0.15, -0.1) is 0 Å². The molecular formula is C25H28FN3O4. The monoisotopic (exact) mass is 453 g/mol. The lowest BCUT2D eigenvalue weighted by molar-refractivity contribution is -0.137. The van der Waals surface area contributed by atoms with Crippen molar-refractivity contribution in [2.24, 2.45) is 0 Å². The predicted octanol–water partition coefficient (Wildman–Crippen LogP) is 3.37. The zero-order valence-corrected chi connectivity index (χ0v) is 18.8. The van der Waals surface area contributed by atoms with Crippen molar-refractivity contribution in [1.29, 1.82) is 0 Å². The van der Waals surface area contributed by atoms with Crippen molar-refractivity contribution < 1.29 is 23.5 Å². The molecule has 0 unspecified atom stereocenters. The molecule has 0 saturated carbocycles. The van der Waals surface area contributed by atoms with Crippen LogP contribution in [0.1, 0.15) is 29.8 Å². The molecule has 7 nitrogen and oxygen atoms in total. The van der Waals surface area contributed by atoms with Crippen molar-refractivity contribution in [3.05, 3.63) is 65.5 Å². The molecule has 1 N–H and O–H groups in total. The lowest BCUT2D eigenvalue weighted by Crippen LogP contribution is -2.48. The molecule has 1 aliphatic rings. The Morgan fingerprint density at radius 1 is 1.06 bits per heavy atom. The van der Waals surface area contributed by atoms with Crippen molar-refractivity contribution in [2.75, 3.05) is 49.5 Å². The van der Waals surface area contributed by atoms with Gasteiger partial charge < -0.3 is 15.0 Å². The third-order valence-electron chi connectivity index (χ3n) is 5.33. The molecule has 0 atom stereocenters. The van der Waals surface area contributed by atoms with Crippen LogP contribution >= 0.6 is 0 Å². The van der Waals surface area contributed by atoms with Gasteiger partial charge in [-0.25, -0.2) is 9.18 Å². The molecule has 2 aromatic rings. The molecule has 174 valence electrons. The van der Waals surface area contributed by atoms with Gasteiger partial charge in [0.1, 0.15) is 5.82 Å². The Morgan fingerprint density at radius 3 is 2.36 bits per heavy atom. The molecule has 0 radical (unpaired) electrons. The lowest BCUT2D eigenvalue weighted by Gasteiger charge is -2.35. The van der Waals surface area contributed by atoms with E-state index in [2.05, 4.69) is 5.32 Å². The van der Waals surface area contributed by atoms with Crippen LogP contribution in [0.3, 0.4) is 0 Å². The van der Waals surface area contributed by atoms with Crippen LogP contribution in [-0.2, 0) is 14.3 Å². The maximum Gasteiger partial charge on any atom is 0.330 e. The topological polar surface area (TPSA) is 79.0 Å². The molecule has 2 aromatic carbocycles. The van der Waals surface area contributed by atoms with Crippen molar-refractivity contribution in [2.45, 2.75) is 13.8 Å². The first-order valence-electron chi connectivity index (χ1n) is 10.9. The molecule has 0 aromatic heterocycles. The van der Waals surface area contributed by atoms with E-state index in [0.29, 0.717) is 49.7 Å². The second kappa shape index (κ2) is 11.4. The van der Waals surface area contributed by atoms with Gasteiger partial charge in [-0.3, -0.25) is 14.5 Å². The van der Waals surface area contributed by atoms with Crippen molar-refractivity contribution in [3.8, 4) is 0 Å². The molecule has 1 amide bonds. The van der Waals surface area contributed by atoms with E-state index in [1.54, 1.807) is 49.4 Å². The van der Waals surface area contributed by atoms with Crippen LogP contribution in [-0.4, -0.2) is 61.9 Å². The number of ketones is 1. The minimum absolute atomic E-state index is 0.129. The Balaban J connectivity index is 1.46. The summed E-state index contributed by atoms with van der Waals surface area (Å²) in [5.41, 5.74) is 2.32. The molecule has 1 saturated heterocycles. The first-order valence-corrected chi connectivity index (χ1v) is 10.9. The number of carbonyl (C=O) groups is 3. The number of piperazine rings is 1. The third kappa shape index (κ3) is 6.98. The summed E-state index contributed by atoms with van der Waals surface area (Å²) in [7, 11) is 0. The first kappa shape index (κ1) is 24.1. The van der Waals surface area contributed by atoms with Gasteiger partial charge in [0.05, 0.1) is 18.8 Å². The Labute approximate surface area is 192 Å². The number of hydrogen-bond acceptors (Lipinski definition) is 6. The molecule has 0 spiro atoms. The molecule has 1 heterocycles. The van der Waals surface area contributed by atoms with Crippen LogP contribution in [0.15, 0.2) is 48.5 Å². The number of ether oxygens (including phenoxy) is 1. The fraction of sp³-hybridized carbons (Fsp3) is 0.320.